The molecule has 0 spiro atoms. The SMILES string of the molecule is COc1cc([N+](=O)[O-])ccc1-c1ccc(/C=C2\SC(=O)N(CC(=O)Nc3ccc(F)cc3)C2=O)o1. The van der Waals surface area contributed by atoms with E-state index in [4.69, 9.17) is 9.15 Å². The van der Waals surface area contributed by atoms with Gasteiger partial charge in [0.05, 0.1) is 28.6 Å². The van der Waals surface area contributed by atoms with Gasteiger partial charge < -0.3 is 14.5 Å². The molecule has 4 rings (SSSR count). The number of furan rings is 1. The van der Waals surface area contributed by atoms with Crippen molar-refractivity contribution < 1.29 is 32.9 Å². The number of nitrogens with zero attached hydrogens (tertiary/aromatic N) is 2. The lowest BCUT2D eigenvalue weighted by atomic mass is 10.1. The summed E-state index contributed by atoms with van der Waals surface area (Å²) in [5.74, 6) is -0.937. The van der Waals surface area contributed by atoms with E-state index in [1.807, 2.05) is 0 Å². The van der Waals surface area contributed by atoms with Gasteiger partial charge in [-0.15, -0.1) is 0 Å². The number of amides is 3. The number of thioether (sulfide) groups is 1. The van der Waals surface area contributed by atoms with Crippen molar-refractivity contribution in [2.75, 3.05) is 19.0 Å². The lowest BCUT2D eigenvalue weighted by Gasteiger charge is -2.12. The summed E-state index contributed by atoms with van der Waals surface area (Å²) >= 11 is 0.654. The van der Waals surface area contributed by atoms with Crippen molar-refractivity contribution in [3.05, 3.63) is 81.2 Å². The highest BCUT2D eigenvalue weighted by atomic mass is 32.2. The van der Waals surface area contributed by atoms with Crippen molar-refractivity contribution in [1.29, 1.82) is 0 Å². The van der Waals surface area contributed by atoms with Crippen molar-refractivity contribution in [3.63, 3.8) is 0 Å². The smallest absolute Gasteiger partial charge is 0.294 e. The lowest BCUT2D eigenvalue weighted by Crippen LogP contribution is -2.36. The van der Waals surface area contributed by atoms with Crippen molar-refractivity contribution in [2.45, 2.75) is 0 Å². The minimum absolute atomic E-state index is 0.0566. The van der Waals surface area contributed by atoms with Crippen LogP contribution in [0.15, 0.2) is 63.9 Å². The first kappa shape index (κ1) is 23.7. The van der Waals surface area contributed by atoms with Gasteiger partial charge in [0, 0.05) is 17.8 Å². The molecule has 0 saturated carbocycles. The zero-order valence-corrected chi connectivity index (χ0v) is 18.8. The first-order chi connectivity index (χ1) is 16.7. The van der Waals surface area contributed by atoms with Crippen LogP contribution < -0.4 is 10.1 Å². The van der Waals surface area contributed by atoms with Crippen LogP contribution >= 0.6 is 11.8 Å². The number of carbonyl (C=O) groups is 3. The van der Waals surface area contributed by atoms with Gasteiger partial charge in [0.15, 0.2) is 0 Å². The predicted octanol–water partition coefficient (Wildman–Crippen LogP) is 4.68. The van der Waals surface area contributed by atoms with Crippen LogP contribution in [0.25, 0.3) is 17.4 Å². The normalized spacial score (nSPS) is 14.5. The average molecular weight is 497 g/mol. The standard InChI is InChI=1S/C23H16FN3O7S/c1-33-19-10-15(27(31)32)6-8-17(19)18-9-7-16(34-18)11-20-22(29)26(23(30)35-20)12-21(28)25-14-4-2-13(24)3-5-14/h2-11H,12H2,1H3,(H,25,28)/b20-11-. The number of non-ortho nitro benzene ring substituents is 1. The molecule has 1 aliphatic rings. The Morgan fingerprint density at radius 3 is 2.63 bits per heavy atom. The summed E-state index contributed by atoms with van der Waals surface area (Å²) in [6.07, 6.45) is 1.37. The Labute approximate surface area is 201 Å². The highest BCUT2D eigenvalue weighted by Crippen LogP contribution is 2.36. The third-order valence-corrected chi connectivity index (χ3v) is 5.77. The number of nitrogens with one attached hydrogen (secondary N) is 1. The van der Waals surface area contributed by atoms with Gasteiger partial charge in [0.1, 0.15) is 29.6 Å². The molecule has 0 atom stereocenters. The predicted molar refractivity (Wildman–Crippen MR) is 125 cm³/mol. The number of benzene rings is 2. The molecule has 0 aliphatic carbocycles. The van der Waals surface area contributed by atoms with E-state index in [1.165, 1.54) is 55.7 Å². The van der Waals surface area contributed by atoms with Crippen LogP contribution in [0.5, 0.6) is 5.75 Å². The van der Waals surface area contributed by atoms with E-state index >= 15 is 0 Å². The monoisotopic (exact) mass is 497 g/mol. The summed E-state index contributed by atoms with van der Waals surface area (Å²) in [4.78, 5) is 48.5. The second-order valence-electron chi connectivity index (χ2n) is 7.17. The molecule has 12 heteroatoms. The fourth-order valence-electron chi connectivity index (χ4n) is 3.22. The summed E-state index contributed by atoms with van der Waals surface area (Å²) in [5.41, 5.74) is 0.640. The maximum Gasteiger partial charge on any atom is 0.294 e. The maximum absolute atomic E-state index is 13.0. The number of methoxy groups -OCH3 is 1. The molecular weight excluding hydrogens is 481 g/mol. The molecule has 2 aromatic carbocycles. The van der Waals surface area contributed by atoms with Crippen molar-refractivity contribution in [2.24, 2.45) is 0 Å². The molecule has 1 fully saturated rings. The van der Waals surface area contributed by atoms with Crippen molar-refractivity contribution in [1.82, 2.24) is 4.90 Å². The molecule has 1 aliphatic heterocycles. The van der Waals surface area contributed by atoms with Gasteiger partial charge in [-0.05, 0) is 54.2 Å². The summed E-state index contributed by atoms with van der Waals surface area (Å²) in [6, 6.07) is 12.3. The number of anilines is 1. The molecule has 35 heavy (non-hydrogen) atoms. The first-order valence-corrected chi connectivity index (χ1v) is 10.8. The fourth-order valence-corrected chi connectivity index (χ4v) is 4.03. The fraction of sp³-hybridized carbons (Fsp3) is 0.0870. The highest BCUT2D eigenvalue weighted by molar-refractivity contribution is 8.18. The van der Waals surface area contributed by atoms with Gasteiger partial charge in [-0.1, -0.05) is 0 Å². The number of rotatable bonds is 7. The van der Waals surface area contributed by atoms with Crippen LogP contribution in [-0.2, 0) is 9.59 Å². The number of hydrogen-bond acceptors (Lipinski definition) is 8. The second-order valence-corrected chi connectivity index (χ2v) is 8.16. The van der Waals surface area contributed by atoms with Gasteiger partial charge in [-0.25, -0.2) is 4.39 Å². The molecule has 178 valence electrons. The van der Waals surface area contributed by atoms with Crippen LogP contribution in [0.2, 0.25) is 0 Å². The molecule has 3 aromatic rings. The van der Waals surface area contributed by atoms with Crippen molar-refractivity contribution >= 4 is 46.3 Å². The zero-order chi connectivity index (χ0) is 25.1. The van der Waals surface area contributed by atoms with E-state index in [2.05, 4.69) is 5.32 Å². The Morgan fingerprint density at radius 1 is 1.20 bits per heavy atom. The summed E-state index contributed by atoms with van der Waals surface area (Å²) in [5, 5.41) is 12.8. The lowest BCUT2D eigenvalue weighted by molar-refractivity contribution is -0.384. The van der Waals surface area contributed by atoms with Gasteiger partial charge in [0.25, 0.3) is 16.8 Å². The second kappa shape index (κ2) is 9.81. The van der Waals surface area contributed by atoms with E-state index in [0.29, 0.717) is 28.8 Å². The number of nitro benzene ring substituents is 1. The number of nitro groups is 1. The molecule has 1 saturated heterocycles. The van der Waals surface area contributed by atoms with Gasteiger partial charge in [0.2, 0.25) is 5.91 Å². The van der Waals surface area contributed by atoms with Crippen LogP contribution in [0.4, 0.5) is 20.6 Å². The number of carbonyl (C=O) groups excluding carboxylic acids is 3. The quantitative estimate of drug-likeness (QED) is 0.283. The Morgan fingerprint density at radius 2 is 1.94 bits per heavy atom. The van der Waals surface area contributed by atoms with Gasteiger partial charge in [-0.2, -0.15) is 0 Å². The molecule has 10 nitrogen and oxygen atoms in total. The average Bonchev–Trinajstić information content (AvgIpc) is 3.40. The summed E-state index contributed by atoms with van der Waals surface area (Å²) in [6.45, 7) is -0.511. The Kier molecular flexibility index (Phi) is 6.64. The van der Waals surface area contributed by atoms with E-state index in [-0.39, 0.29) is 22.1 Å². The van der Waals surface area contributed by atoms with Crippen LogP contribution in [0.3, 0.4) is 0 Å². The highest BCUT2D eigenvalue weighted by Gasteiger charge is 2.36. The van der Waals surface area contributed by atoms with E-state index in [1.54, 1.807) is 12.1 Å². The van der Waals surface area contributed by atoms with Crippen LogP contribution in [0, 0.1) is 15.9 Å². The van der Waals surface area contributed by atoms with Crippen molar-refractivity contribution in [3.8, 4) is 17.1 Å². The van der Waals surface area contributed by atoms with E-state index in [0.717, 1.165) is 4.90 Å². The van der Waals surface area contributed by atoms with E-state index < -0.39 is 34.3 Å². The van der Waals surface area contributed by atoms with Crippen LogP contribution in [-0.4, -0.2) is 40.5 Å². The minimum Gasteiger partial charge on any atom is -0.496 e. The molecule has 1 N–H and O–H groups in total. The molecular formula is C23H16FN3O7S. The Hall–Kier alpha value is -4.45. The maximum atomic E-state index is 13.0. The number of imide groups is 1. The van der Waals surface area contributed by atoms with Gasteiger partial charge in [-0.3, -0.25) is 29.4 Å². The number of hydrogen-bond donors (Lipinski definition) is 1. The molecule has 1 aromatic heterocycles. The summed E-state index contributed by atoms with van der Waals surface area (Å²) < 4.78 is 23.9. The Bertz CT molecular complexity index is 1370. The van der Waals surface area contributed by atoms with E-state index in [9.17, 15) is 28.9 Å². The third kappa shape index (κ3) is 5.22. The molecule has 0 unspecified atom stereocenters. The number of halogens is 1. The zero-order valence-electron chi connectivity index (χ0n) is 18.0. The molecule has 0 radical (unpaired) electrons. The molecule has 0 bridgehead atoms. The van der Waals surface area contributed by atoms with Gasteiger partial charge >= 0.3 is 0 Å². The largest absolute Gasteiger partial charge is 0.496 e. The topological polar surface area (TPSA) is 132 Å². The Balaban J connectivity index is 1.48. The van der Waals surface area contributed by atoms with Crippen LogP contribution in [0.1, 0.15) is 5.76 Å². The molecule has 3 amide bonds. The number of ether oxygens (including phenoxy) is 1. The third-order valence-electron chi connectivity index (χ3n) is 4.86. The summed E-state index contributed by atoms with van der Waals surface area (Å²) in [7, 11) is 1.37. The molecule has 2 heterocycles. The first-order valence-electron chi connectivity index (χ1n) is 9.98. The minimum atomic E-state index is -0.667.